The van der Waals surface area contributed by atoms with Crippen molar-refractivity contribution in [2.24, 2.45) is 0 Å². The maximum absolute atomic E-state index is 13.4. The zero-order valence-corrected chi connectivity index (χ0v) is 10.2. The molecule has 0 spiro atoms. The average molecular weight is 238 g/mol. The van der Waals surface area contributed by atoms with Gasteiger partial charge in [-0.05, 0) is 37.5 Å². The molecule has 0 heterocycles. The minimum Gasteiger partial charge on any atom is -0.488 e. The first kappa shape index (κ1) is 12.4. The highest BCUT2D eigenvalue weighted by Crippen LogP contribution is 2.29. The van der Waals surface area contributed by atoms with Gasteiger partial charge in [-0.15, -0.1) is 0 Å². The molecular weight excluding hydrogens is 219 g/mol. The molecule has 2 rings (SSSR count). The second kappa shape index (κ2) is 5.05. The van der Waals surface area contributed by atoms with Crippen LogP contribution in [0.3, 0.4) is 0 Å². The lowest BCUT2D eigenvalue weighted by Gasteiger charge is -2.31. The van der Waals surface area contributed by atoms with E-state index in [1.165, 1.54) is 12.5 Å². The van der Waals surface area contributed by atoms with Crippen LogP contribution in [0.1, 0.15) is 37.7 Å². The van der Waals surface area contributed by atoms with Crippen LogP contribution in [-0.4, -0.2) is 17.3 Å². The highest BCUT2D eigenvalue weighted by Gasteiger charge is 2.30. The van der Waals surface area contributed by atoms with Crippen molar-refractivity contribution in [1.82, 2.24) is 0 Å². The van der Waals surface area contributed by atoms with Crippen LogP contribution in [0.5, 0.6) is 5.75 Å². The largest absolute Gasteiger partial charge is 0.488 e. The van der Waals surface area contributed by atoms with Gasteiger partial charge in [-0.3, -0.25) is 0 Å². The summed E-state index contributed by atoms with van der Waals surface area (Å²) in [7, 11) is 0. The van der Waals surface area contributed by atoms with Gasteiger partial charge in [-0.1, -0.05) is 25.3 Å². The van der Waals surface area contributed by atoms with Crippen molar-refractivity contribution in [1.29, 1.82) is 0 Å². The summed E-state index contributed by atoms with van der Waals surface area (Å²) in [6.45, 7) is 2.08. The number of hydrogen-bond acceptors (Lipinski definition) is 2. The van der Waals surface area contributed by atoms with E-state index in [9.17, 15) is 9.50 Å². The molecule has 0 bridgehead atoms. The molecule has 1 N–H and O–H groups in total. The molecule has 0 aliphatic heterocycles. The maximum Gasteiger partial charge on any atom is 0.165 e. The number of rotatable bonds is 3. The molecular formula is C14H19FO2. The number of aliphatic hydroxyl groups is 1. The standard InChI is InChI=1S/C14H19FO2/c1-11-5-6-12(15)13(9-11)17-10-14(16)7-3-2-4-8-14/h5-6,9,16H,2-4,7-8,10H2,1H3. The summed E-state index contributed by atoms with van der Waals surface area (Å²) in [5.41, 5.74) is 0.186. The molecule has 94 valence electrons. The molecule has 1 aromatic carbocycles. The molecule has 1 aliphatic carbocycles. The second-order valence-electron chi connectivity index (χ2n) is 5.01. The van der Waals surface area contributed by atoms with Crippen LogP contribution in [0.4, 0.5) is 4.39 Å². The molecule has 0 amide bonds. The molecule has 0 radical (unpaired) electrons. The maximum atomic E-state index is 13.4. The van der Waals surface area contributed by atoms with Gasteiger partial charge in [-0.2, -0.15) is 0 Å². The van der Waals surface area contributed by atoms with Crippen LogP contribution >= 0.6 is 0 Å². The Morgan fingerprint density at radius 3 is 2.71 bits per heavy atom. The Morgan fingerprint density at radius 1 is 1.29 bits per heavy atom. The van der Waals surface area contributed by atoms with E-state index in [1.807, 2.05) is 6.92 Å². The van der Waals surface area contributed by atoms with Crippen molar-refractivity contribution in [3.8, 4) is 5.75 Å². The number of benzene rings is 1. The van der Waals surface area contributed by atoms with E-state index in [-0.39, 0.29) is 18.2 Å². The van der Waals surface area contributed by atoms with Gasteiger partial charge in [0.1, 0.15) is 6.61 Å². The molecule has 1 saturated carbocycles. The van der Waals surface area contributed by atoms with Crippen molar-refractivity contribution in [3.63, 3.8) is 0 Å². The van der Waals surface area contributed by atoms with Gasteiger partial charge in [0, 0.05) is 0 Å². The number of ether oxygens (including phenoxy) is 1. The van der Waals surface area contributed by atoms with Gasteiger partial charge >= 0.3 is 0 Å². The molecule has 0 aromatic heterocycles. The summed E-state index contributed by atoms with van der Waals surface area (Å²) in [6, 6.07) is 4.77. The predicted molar refractivity (Wildman–Crippen MR) is 64.7 cm³/mol. The Kier molecular flexibility index (Phi) is 3.67. The minimum absolute atomic E-state index is 0.188. The molecule has 2 nitrogen and oxygen atoms in total. The van der Waals surface area contributed by atoms with Crippen LogP contribution in [0.15, 0.2) is 18.2 Å². The van der Waals surface area contributed by atoms with Gasteiger partial charge in [0.25, 0.3) is 0 Å². The summed E-state index contributed by atoms with van der Waals surface area (Å²) in [6.07, 6.45) is 4.72. The zero-order valence-electron chi connectivity index (χ0n) is 10.2. The molecule has 17 heavy (non-hydrogen) atoms. The monoisotopic (exact) mass is 238 g/mol. The first-order valence-corrected chi connectivity index (χ1v) is 6.20. The normalized spacial score (nSPS) is 19.0. The number of halogens is 1. The zero-order chi connectivity index (χ0) is 12.3. The van der Waals surface area contributed by atoms with E-state index in [0.717, 1.165) is 31.2 Å². The van der Waals surface area contributed by atoms with Gasteiger partial charge in [-0.25, -0.2) is 4.39 Å². The van der Waals surface area contributed by atoms with E-state index >= 15 is 0 Å². The summed E-state index contributed by atoms with van der Waals surface area (Å²) in [4.78, 5) is 0. The summed E-state index contributed by atoms with van der Waals surface area (Å²) >= 11 is 0. The third-order valence-electron chi connectivity index (χ3n) is 3.37. The molecule has 0 saturated heterocycles. The van der Waals surface area contributed by atoms with Crippen LogP contribution in [0.2, 0.25) is 0 Å². The lowest BCUT2D eigenvalue weighted by atomic mass is 9.85. The van der Waals surface area contributed by atoms with E-state index in [0.29, 0.717) is 0 Å². The fourth-order valence-corrected chi connectivity index (χ4v) is 2.29. The van der Waals surface area contributed by atoms with Crippen molar-refractivity contribution < 1.29 is 14.2 Å². The number of aryl methyl sites for hydroxylation is 1. The van der Waals surface area contributed by atoms with Crippen LogP contribution in [0, 0.1) is 12.7 Å². The molecule has 1 aromatic rings. The Hall–Kier alpha value is -1.09. The third-order valence-corrected chi connectivity index (χ3v) is 3.37. The fraction of sp³-hybridized carbons (Fsp3) is 0.571. The van der Waals surface area contributed by atoms with E-state index < -0.39 is 5.60 Å². The third kappa shape index (κ3) is 3.19. The average Bonchev–Trinajstić information content (AvgIpc) is 2.31. The molecule has 1 fully saturated rings. The highest BCUT2D eigenvalue weighted by molar-refractivity contribution is 5.29. The molecule has 3 heteroatoms. The Bertz CT molecular complexity index is 384. The quantitative estimate of drug-likeness (QED) is 0.876. The predicted octanol–water partition coefficient (Wildman–Crippen LogP) is 3.21. The topological polar surface area (TPSA) is 29.5 Å². The number of hydrogen-bond donors (Lipinski definition) is 1. The van der Waals surface area contributed by atoms with Crippen LogP contribution in [0.25, 0.3) is 0 Å². The smallest absolute Gasteiger partial charge is 0.165 e. The summed E-state index contributed by atoms with van der Waals surface area (Å²) in [5, 5.41) is 10.2. The van der Waals surface area contributed by atoms with E-state index in [2.05, 4.69) is 0 Å². The van der Waals surface area contributed by atoms with Gasteiger partial charge in [0.2, 0.25) is 0 Å². The molecule has 0 atom stereocenters. The van der Waals surface area contributed by atoms with Gasteiger partial charge < -0.3 is 9.84 Å². The Balaban J connectivity index is 1.99. The Labute approximate surface area is 101 Å². The van der Waals surface area contributed by atoms with E-state index in [1.54, 1.807) is 12.1 Å². The minimum atomic E-state index is -0.769. The first-order valence-electron chi connectivity index (χ1n) is 6.20. The van der Waals surface area contributed by atoms with Crippen molar-refractivity contribution in [2.75, 3.05) is 6.61 Å². The van der Waals surface area contributed by atoms with Crippen molar-refractivity contribution >= 4 is 0 Å². The highest BCUT2D eigenvalue weighted by atomic mass is 19.1. The van der Waals surface area contributed by atoms with Crippen LogP contribution in [-0.2, 0) is 0 Å². The fourth-order valence-electron chi connectivity index (χ4n) is 2.29. The van der Waals surface area contributed by atoms with Crippen molar-refractivity contribution in [2.45, 2.75) is 44.6 Å². The second-order valence-corrected chi connectivity index (χ2v) is 5.01. The van der Waals surface area contributed by atoms with Crippen molar-refractivity contribution in [3.05, 3.63) is 29.6 Å². The van der Waals surface area contributed by atoms with Gasteiger partial charge in [0.15, 0.2) is 11.6 Å². The summed E-state index contributed by atoms with van der Waals surface area (Å²) in [5.74, 6) is -0.126. The van der Waals surface area contributed by atoms with Crippen LogP contribution < -0.4 is 4.74 Å². The molecule has 1 aliphatic rings. The Morgan fingerprint density at radius 2 is 2.00 bits per heavy atom. The lowest BCUT2D eigenvalue weighted by Crippen LogP contribution is -2.38. The lowest BCUT2D eigenvalue weighted by molar-refractivity contribution is -0.0347. The molecule has 0 unspecified atom stereocenters. The summed E-state index contributed by atoms with van der Waals surface area (Å²) < 4.78 is 18.9. The van der Waals surface area contributed by atoms with E-state index in [4.69, 9.17) is 4.74 Å². The SMILES string of the molecule is Cc1ccc(F)c(OCC2(O)CCCCC2)c1. The van der Waals surface area contributed by atoms with Gasteiger partial charge in [0.05, 0.1) is 5.60 Å². The first-order chi connectivity index (χ1) is 8.09.